The topological polar surface area (TPSA) is 107 Å². The minimum Gasteiger partial charge on any atom is -0.473 e. The molecule has 0 aliphatic carbocycles. The van der Waals surface area contributed by atoms with Gasteiger partial charge in [-0.1, -0.05) is 31.0 Å². The average Bonchev–Trinajstić information content (AvgIpc) is 2.51. The third kappa shape index (κ3) is 11.4. The Morgan fingerprint density at radius 2 is 1.79 bits per heavy atom. The van der Waals surface area contributed by atoms with Crippen LogP contribution in [0.15, 0.2) is 24.3 Å². The van der Waals surface area contributed by atoms with Crippen LogP contribution in [0.5, 0.6) is 0 Å². The van der Waals surface area contributed by atoms with Crippen LogP contribution in [0.4, 0.5) is 5.69 Å². The van der Waals surface area contributed by atoms with Crippen LogP contribution in [0, 0.1) is 0 Å². The van der Waals surface area contributed by atoms with Crippen molar-refractivity contribution in [3.8, 4) is 0 Å². The molecule has 0 unspecified atom stereocenters. The molecule has 8 heteroatoms. The zero-order chi connectivity index (χ0) is 18.5. The van der Waals surface area contributed by atoms with Gasteiger partial charge in [-0.25, -0.2) is 9.59 Å². The molecule has 0 heterocycles. The van der Waals surface area contributed by atoms with Crippen LogP contribution in [0.25, 0.3) is 0 Å². The van der Waals surface area contributed by atoms with E-state index in [1.165, 1.54) is 12.8 Å². The van der Waals surface area contributed by atoms with E-state index in [1.807, 2.05) is 19.2 Å². The highest BCUT2D eigenvalue weighted by Crippen LogP contribution is 2.14. The number of unbranched alkanes of at least 4 members (excludes halogenated alkanes) is 1. The first-order chi connectivity index (χ1) is 11.3. The Kier molecular flexibility index (Phi) is 11.2. The second-order valence-electron chi connectivity index (χ2n) is 5.08. The maximum Gasteiger partial charge on any atom is 0.414 e. The van der Waals surface area contributed by atoms with Gasteiger partial charge in [-0.05, 0) is 38.2 Å². The molecule has 0 aliphatic rings. The Hall–Kier alpha value is -2.12. The zero-order valence-electron chi connectivity index (χ0n) is 13.8. The smallest absolute Gasteiger partial charge is 0.414 e. The second-order valence-corrected chi connectivity index (χ2v) is 5.51. The number of hydrogen-bond donors (Lipinski definition) is 3. The van der Waals surface area contributed by atoms with E-state index in [9.17, 15) is 4.79 Å². The van der Waals surface area contributed by atoms with Crippen molar-refractivity contribution in [2.24, 2.45) is 0 Å². The van der Waals surface area contributed by atoms with E-state index in [4.69, 9.17) is 31.4 Å². The summed E-state index contributed by atoms with van der Waals surface area (Å²) in [4.78, 5) is 32.1. The number of nitrogens with zero attached hydrogens (tertiary/aromatic N) is 1. The maximum atomic E-state index is 11.7. The summed E-state index contributed by atoms with van der Waals surface area (Å²) in [6.45, 7) is 3.99. The molecule has 24 heavy (non-hydrogen) atoms. The van der Waals surface area contributed by atoms with Crippen molar-refractivity contribution in [1.82, 2.24) is 4.90 Å². The summed E-state index contributed by atoms with van der Waals surface area (Å²) in [5, 5.41) is 18.3. The molecule has 3 N–H and O–H groups in total. The summed E-state index contributed by atoms with van der Waals surface area (Å²) in [5.41, 5.74) is 0.753. The van der Waals surface area contributed by atoms with E-state index in [0.29, 0.717) is 11.4 Å². The van der Waals surface area contributed by atoms with Crippen molar-refractivity contribution in [2.45, 2.75) is 26.2 Å². The molecule has 134 valence electrons. The number of hydrogen-bond acceptors (Lipinski definition) is 4. The summed E-state index contributed by atoms with van der Waals surface area (Å²) >= 11 is 5.85. The fraction of sp³-hybridized carbons (Fsp3) is 0.438. The molecule has 1 aromatic carbocycles. The highest BCUT2D eigenvalue weighted by molar-refractivity contribution is 6.30. The minimum atomic E-state index is -1.82. The Balaban J connectivity index is 0.000000754. The SMILES string of the molecule is CCCCN(C)CCC(=O)Nc1cccc(Cl)c1.O=C(O)C(=O)O. The van der Waals surface area contributed by atoms with Gasteiger partial charge >= 0.3 is 11.9 Å². The molecule has 1 rings (SSSR count). The number of aliphatic carboxylic acids is 2. The third-order valence-electron chi connectivity index (χ3n) is 2.91. The molecule has 1 aromatic rings. The molecule has 0 aliphatic heterocycles. The zero-order valence-corrected chi connectivity index (χ0v) is 14.5. The molecule has 0 bridgehead atoms. The summed E-state index contributed by atoms with van der Waals surface area (Å²) < 4.78 is 0. The van der Waals surface area contributed by atoms with Gasteiger partial charge in [-0.3, -0.25) is 4.79 Å². The first-order valence-electron chi connectivity index (χ1n) is 7.46. The van der Waals surface area contributed by atoms with Gasteiger partial charge in [0.25, 0.3) is 0 Å². The lowest BCUT2D eigenvalue weighted by atomic mass is 10.3. The molecule has 0 aromatic heterocycles. The summed E-state index contributed by atoms with van der Waals surface area (Å²) in [7, 11) is 2.04. The predicted octanol–water partition coefficient (Wildman–Crippen LogP) is 2.56. The molecule has 7 nitrogen and oxygen atoms in total. The molecule has 0 atom stereocenters. The van der Waals surface area contributed by atoms with Gasteiger partial charge in [0.2, 0.25) is 5.91 Å². The fourth-order valence-electron chi connectivity index (χ4n) is 1.62. The monoisotopic (exact) mass is 358 g/mol. The fourth-order valence-corrected chi connectivity index (χ4v) is 1.81. The van der Waals surface area contributed by atoms with Crippen molar-refractivity contribution in [1.29, 1.82) is 0 Å². The van der Waals surface area contributed by atoms with Crippen molar-refractivity contribution in [2.75, 3.05) is 25.5 Å². The molecular formula is C16H23ClN2O5. The van der Waals surface area contributed by atoms with E-state index < -0.39 is 11.9 Å². The van der Waals surface area contributed by atoms with E-state index in [0.717, 1.165) is 18.8 Å². The van der Waals surface area contributed by atoms with Gasteiger partial charge in [0.05, 0.1) is 0 Å². The van der Waals surface area contributed by atoms with E-state index in [1.54, 1.807) is 12.1 Å². The largest absolute Gasteiger partial charge is 0.473 e. The Morgan fingerprint density at radius 1 is 1.17 bits per heavy atom. The van der Waals surface area contributed by atoms with Crippen LogP contribution < -0.4 is 5.32 Å². The number of carboxylic acids is 2. The summed E-state index contributed by atoms with van der Waals surface area (Å²) in [6, 6.07) is 7.20. The number of nitrogens with one attached hydrogen (secondary N) is 1. The van der Waals surface area contributed by atoms with Crippen molar-refractivity contribution in [3.05, 3.63) is 29.3 Å². The second kappa shape index (κ2) is 12.3. The highest BCUT2D eigenvalue weighted by atomic mass is 35.5. The Labute approximate surface area is 146 Å². The van der Waals surface area contributed by atoms with Crippen LogP contribution in [0.3, 0.4) is 0 Å². The van der Waals surface area contributed by atoms with E-state index in [2.05, 4.69) is 17.1 Å². The number of carbonyl (C=O) groups is 3. The van der Waals surface area contributed by atoms with Crippen LogP contribution >= 0.6 is 11.6 Å². The third-order valence-corrected chi connectivity index (χ3v) is 3.14. The maximum absolute atomic E-state index is 11.7. The number of benzene rings is 1. The molecule has 0 saturated carbocycles. The summed E-state index contributed by atoms with van der Waals surface area (Å²) in [5.74, 6) is -3.62. The Morgan fingerprint density at radius 3 is 2.29 bits per heavy atom. The highest BCUT2D eigenvalue weighted by Gasteiger charge is 2.05. The molecule has 0 radical (unpaired) electrons. The van der Waals surface area contributed by atoms with Gasteiger partial charge in [0, 0.05) is 23.7 Å². The molecular weight excluding hydrogens is 336 g/mol. The van der Waals surface area contributed by atoms with Crippen LogP contribution in [0.1, 0.15) is 26.2 Å². The molecule has 0 saturated heterocycles. The van der Waals surface area contributed by atoms with Gasteiger partial charge in [-0.15, -0.1) is 0 Å². The summed E-state index contributed by atoms with van der Waals surface area (Å²) in [6.07, 6.45) is 2.86. The Bertz CT molecular complexity index is 539. The number of anilines is 1. The van der Waals surface area contributed by atoms with E-state index >= 15 is 0 Å². The number of amides is 1. The average molecular weight is 359 g/mol. The first-order valence-corrected chi connectivity index (χ1v) is 7.84. The molecule has 1 amide bonds. The first kappa shape index (κ1) is 21.9. The standard InChI is InChI=1S/C14H21ClN2O.C2H2O4/c1-3-4-9-17(2)10-8-14(18)16-13-7-5-6-12(15)11-13;3-1(4)2(5)6/h5-7,11H,3-4,8-10H2,1-2H3,(H,16,18);(H,3,4)(H,5,6). The lowest BCUT2D eigenvalue weighted by Gasteiger charge is -2.15. The normalized spacial score (nSPS) is 9.83. The van der Waals surface area contributed by atoms with Crippen molar-refractivity contribution < 1.29 is 24.6 Å². The predicted molar refractivity (Wildman–Crippen MR) is 92.4 cm³/mol. The lowest BCUT2D eigenvalue weighted by molar-refractivity contribution is -0.159. The van der Waals surface area contributed by atoms with Crippen LogP contribution in [-0.4, -0.2) is 53.1 Å². The van der Waals surface area contributed by atoms with Gasteiger partial charge in [-0.2, -0.15) is 0 Å². The van der Waals surface area contributed by atoms with Gasteiger partial charge in [0.1, 0.15) is 0 Å². The number of carbonyl (C=O) groups excluding carboxylic acids is 1. The number of rotatable bonds is 7. The molecule has 0 fully saturated rings. The van der Waals surface area contributed by atoms with Crippen molar-refractivity contribution in [3.63, 3.8) is 0 Å². The number of halogens is 1. The van der Waals surface area contributed by atoms with Crippen LogP contribution in [0.2, 0.25) is 5.02 Å². The van der Waals surface area contributed by atoms with Gasteiger partial charge < -0.3 is 20.4 Å². The minimum absolute atomic E-state index is 0.0283. The van der Waals surface area contributed by atoms with Crippen LogP contribution in [-0.2, 0) is 14.4 Å². The quantitative estimate of drug-likeness (QED) is 0.646. The molecule has 0 spiro atoms. The van der Waals surface area contributed by atoms with Crippen molar-refractivity contribution >= 4 is 35.1 Å². The number of carboxylic acid groups (broad SMARTS) is 2. The van der Waals surface area contributed by atoms with E-state index in [-0.39, 0.29) is 5.91 Å². The van der Waals surface area contributed by atoms with Gasteiger partial charge in [0.15, 0.2) is 0 Å². The lowest BCUT2D eigenvalue weighted by Crippen LogP contribution is -2.25.